The first kappa shape index (κ1) is 21.4. The molecule has 0 fully saturated rings. The molecular weight excluding hydrogens is 412 g/mol. The molecule has 1 heterocycles. The molecule has 164 valence electrons. The van der Waals surface area contributed by atoms with Crippen molar-refractivity contribution in [1.29, 1.82) is 0 Å². The Hall–Kier alpha value is -2.87. The molecule has 0 aliphatic heterocycles. The summed E-state index contributed by atoms with van der Waals surface area (Å²) < 4.78 is 55.5. The number of benzene rings is 2. The number of aromatic nitrogens is 1. The molecule has 4 rings (SSSR count). The molecule has 3 N–H and O–H groups in total. The lowest BCUT2D eigenvalue weighted by Gasteiger charge is -2.36. The van der Waals surface area contributed by atoms with E-state index in [1.54, 1.807) is 18.2 Å². The zero-order valence-electron chi connectivity index (χ0n) is 16.6. The lowest BCUT2D eigenvalue weighted by Crippen LogP contribution is -2.51. The standard InChI is InChI=1S/C23H22F4N2O2/c24-16-7-8-17-14(11-16)3-1-4-15(17)12-22(31,23(25,26)27)13-28-19-5-2-6-20-18(19)9-10-21(30)29-20/h2,5-11,15,28,31H,1,3-4,12-13H2,(H,29,30). The van der Waals surface area contributed by atoms with Gasteiger partial charge in [-0.05, 0) is 73.1 Å². The van der Waals surface area contributed by atoms with Crippen LogP contribution in [0.5, 0.6) is 0 Å². The van der Waals surface area contributed by atoms with Crippen LogP contribution in [0.1, 0.15) is 36.3 Å². The number of rotatable bonds is 5. The number of fused-ring (bicyclic) bond motifs is 2. The lowest BCUT2D eigenvalue weighted by atomic mass is 9.76. The number of pyridine rings is 1. The van der Waals surface area contributed by atoms with Crippen LogP contribution in [0.4, 0.5) is 23.2 Å². The maximum absolute atomic E-state index is 14.0. The molecule has 0 saturated heterocycles. The summed E-state index contributed by atoms with van der Waals surface area (Å²) in [5.74, 6) is -0.942. The second-order valence-electron chi connectivity index (χ2n) is 8.11. The Kier molecular flexibility index (Phi) is 5.51. The fraction of sp³-hybridized carbons (Fsp3) is 0.348. The molecule has 1 aliphatic rings. The van der Waals surface area contributed by atoms with Gasteiger partial charge in [-0.25, -0.2) is 4.39 Å². The van der Waals surface area contributed by atoms with Crippen LogP contribution in [0.2, 0.25) is 0 Å². The normalized spacial score (nSPS) is 18.4. The van der Waals surface area contributed by atoms with Gasteiger partial charge >= 0.3 is 6.18 Å². The van der Waals surface area contributed by atoms with Gasteiger partial charge in [0.25, 0.3) is 0 Å². The molecule has 0 bridgehead atoms. The van der Waals surface area contributed by atoms with Crippen molar-refractivity contribution in [2.75, 3.05) is 11.9 Å². The fourth-order valence-corrected chi connectivity index (χ4v) is 4.37. The predicted molar refractivity (Wildman–Crippen MR) is 111 cm³/mol. The number of halogens is 4. The van der Waals surface area contributed by atoms with Gasteiger partial charge in [0, 0.05) is 17.1 Å². The zero-order chi connectivity index (χ0) is 22.2. The summed E-state index contributed by atoms with van der Waals surface area (Å²) in [6.07, 6.45) is -3.65. The highest BCUT2D eigenvalue weighted by Gasteiger charge is 2.54. The Morgan fingerprint density at radius 2 is 1.94 bits per heavy atom. The number of alkyl halides is 3. The Labute approximate surface area is 175 Å². The number of aromatic amines is 1. The molecular formula is C23H22F4N2O2. The van der Waals surface area contributed by atoms with Gasteiger partial charge in [0.2, 0.25) is 5.56 Å². The van der Waals surface area contributed by atoms with E-state index >= 15 is 0 Å². The molecule has 31 heavy (non-hydrogen) atoms. The van der Waals surface area contributed by atoms with Gasteiger partial charge in [0.15, 0.2) is 5.60 Å². The van der Waals surface area contributed by atoms with Gasteiger partial charge in [-0.3, -0.25) is 4.79 Å². The minimum Gasteiger partial charge on any atom is -0.381 e. The number of aryl methyl sites for hydroxylation is 1. The van der Waals surface area contributed by atoms with Crippen molar-refractivity contribution >= 4 is 16.6 Å². The number of nitrogens with one attached hydrogen (secondary N) is 2. The highest BCUT2D eigenvalue weighted by atomic mass is 19.4. The van der Waals surface area contributed by atoms with Crippen LogP contribution in [-0.4, -0.2) is 28.4 Å². The fourth-order valence-electron chi connectivity index (χ4n) is 4.37. The second-order valence-corrected chi connectivity index (χ2v) is 8.11. The Bertz CT molecular complexity index is 1160. The van der Waals surface area contributed by atoms with Gasteiger partial charge in [-0.1, -0.05) is 12.1 Å². The van der Waals surface area contributed by atoms with Crippen LogP contribution < -0.4 is 10.9 Å². The van der Waals surface area contributed by atoms with Gasteiger partial charge in [0.05, 0.1) is 12.1 Å². The SMILES string of the molecule is O=c1ccc2c(NCC(O)(CC3CCCc4cc(F)ccc43)C(F)(F)F)cccc2[nH]1. The number of aliphatic hydroxyl groups is 1. The first-order valence-electron chi connectivity index (χ1n) is 10.1. The third-order valence-corrected chi connectivity index (χ3v) is 5.99. The number of anilines is 1. The predicted octanol–water partition coefficient (Wildman–Crippen LogP) is 4.88. The van der Waals surface area contributed by atoms with Crippen molar-refractivity contribution in [3.8, 4) is 0 Å². The Morgan fingerprint density at radius 1 is 1.13 bits per heavy atom. The molecule has 0 radical (unpaired) electrons. The molecule has 1 aliphatic carbocycles. The van der Waals surface area contributed by atoms with Crippen LogP contribution in [0, 0.1) is 5.82 Å². The highest BCUT2D eigenvalue weighted by molar-refractivity contribution is 5.91. The van der Waals surface area contributed by atoms with Gasteiger partial charge in [0.1, 0.15) is 5.82 Å². The van der Waals surface area contributed by atoms with E-state index in [1.165, 1.54) is 30.3 Å². The number of hydrogen-bond donors (Lipinski definition) is 3. The molecule has 8 heteroatoms. The molecule has 2 aromatic carbocycles. The summed E-state index contributed by atoms with van der Waals surface area (Å²) >= 11 is 0. The maximum Gasteiger partial charge on any atom is 0.418 e. The number of hydrogen-bond acceptors (Lipinski definition) is 3. The topological polar surface area (TPSA) is 65.1 Å². The van der Waals surface area contributed by atoms with Gasteiger partial charge in [-0.15, -0.1) is 0 Å². The average Bonchev–Trinajstić information content (AvgIpc) is 2.71. The largest absolute Gasteiger partial charge is 0.418 e. The Morgan fingerprint density at radius 3 is 2.71 bits per heavy atom. The number of H-pyrrole nitrogens is 1. The van der Waals surface area contributed by atoms with E-state index in [0.29, 0.717) is 47.0 Å². The van der Waals surface area contributed by atoms with Crippen molar-refractivity contribution in [2.24, 2.45) is 0 Å². The van der Waals surface area contributed by atoms with Crippen molar-refractivity contribution in [3.63, 3.8) is 0 Å². The van der Waals surface area contributed by atoms with Crippen molar-refractivity contribution in [1.82, 2.24) is 4.98 Å². The highest BCUT2D eigenvalue weighted by Crippen LogP contribution is 2.43. The molecule has 3 aromatic rings. The van der Waals surface area contributed by atoms with E-state index in [-0.39, 0.29) is 5.56 Å². The summed E-state index contributed by atoms with van der Waals surface area (Å²) in [5.41, 5.74) is -1.07. The molecule has 4 nitrogen and oxygen atoms in total. The van der Waals surface area contributed by atoms with Crippen molar-refractivity contribution < 1.29 is 22.7 Å². The molecule has 0 saturated carbocycles. The second kappa shape index (κ2) is 8.00. The van der Waals surface area contributed by atoms with Crippen LogP contribution in [0.15, 0.2) is 53.3 Å². The minimum absolute atomic E-state index is 0.316. The molecule has 2 atom stereocenters. The minimum atomic E-state index is -4.86. The van der Waals surface area contributed by atoms with Gasteiger partial charge < -0.3 is 15.4 Å². The molecule has 2 unspecified atom stereocenters. The molecule has 0 amide bonds. The monoisotopic (exact) mass is 434 g/mol. The molecule has 1 aromatic heterocycles. The van der Waals surface area contributed by atoms with Crippen LogP contribution >= 0.6 is 0 Å². The van der Waals surface area contributed by atoms with E-state index in [2.05, 4.69) is 10.3 Å². The average molecular weight is 434 g/mol. The van der Waals surface area contributed by atoms with E-state index in [4.69, 9.17) is 0 Å². The van der Waals surface area contributed by atoms with E-state index in [1.807, 2.05) is 0 Å². The maximum atomic E-state index is 14.0. The summed E-state index contributed by atoms with van der Waals surface area (Å²) in [6, 6.07) is 11.8. The first-order chi connectivity index (χ1) is 14.7. The van der Waals surface area contributed by atoms with Crippen LogP contribution in [0.25, 0.3) is 10.9 Å². The third kappa shape index (κ3) is 4.30. The summed E-state index contributed by atoms with van der Waals surface area (Å²) in [7, 11) is 0. The molecule has 0 spiro atoms. The van der Waals surface area contributed by atoms with Crippen LogP contribution in [0.3, 0.4) is 0 Å². The quantitative estimate of drug-likeness (QED) is 0.502. The van der Waals surface area contributed by atoms with Crippen LogP contribution in [-0.2, 0) is 6.42 Å². The summed E-state index contributed by atoms with van der Waals surface area (Å²) in [5, 5.41) is 14.0. The van der Waals surface area contributed by atoms with E-state index in [9.17, 15) is 27.5 Å². The van der Waals surface area contributed by atoms with Crippen molar-refractivity contribution in [2.45, 2.75) is 43.4 Å². The van der Waals surface area contributed by atoms with E-state index < -0.39 is 36.5 Å². The lowest BCUT2D eigenvalue weighted by molar-refractivity contribution is -0.258. The smallest absolute Gasteiger partial charge is 0.381 e. The first-order valence-corrected chi connectivity index (χ1v) is 10.1. The third-order valence-electron chi connectivity index (χ3n) is 5.99. The Balaban J connectivity index is 1.61. The van der Waals surface area contributed by atoms with Gasteiger partial charge in [-0.2, -0.15) is 13.2 Å². The zero-order valence-corrected chi connectivity index (χ0v) is 16.6. The van der Waals surface area contributed by atoms with E-state index in [0.717, 1.165) is 0 Å². The van der Waals surface area contributed by atoms with Crippen molar-refractivity contribution in [3.05, 3.63) is 75.8 Å². The summed E-state index contributed by atoms with van der Waals surface area (Å²) in [4.78, 5) is 14.1. The summed E-state index contributed by atoms with van der Waals surface area (Å²) in [6.45, 7) is -0.748.